The first kappa shape index (κ1) is 25.1. The van der Waals surface area contributed by atoms with E-state index in [-0.39, 0.29) is 17.5 Å². The lowest BCUT2D eigenvalue weighted by molar-refractivity contribution is -0.132. The molecule has 0 unspecified atom stereocenters. The second kappa shape index (κ2) is 14.0. The SMILES string of the molecule is CCCCOCCOCCOCCCN1Cc2cc(C(=O)O)ccc2N[C@@H](CC)C1=O. The highest BCUT2D eigenvalue weighted by Gasteiger charge is 2.28. The molecule has 8 nitrogen and oxygen atoms in total. The van der Waals surface area contributed by atoms with Gasteiger partial charge in [0.25, 0.3) is 0 Å². The summed E-state index contributed by atoms with van der Waals surface area (Å²) in [4.78, 5) is 26.0. The van der Waals surface area contributed by atoms with E-state index >= 15 is 0 Å². The van der Waals surface area contributed by atoms with E-state index in [1.165, 1.54) is 0 Å². The Morgan fingerprint density at radius 1 is 1.06 bits per heavy atom. The topological polar surface area (TPSA) is 97.3 Å². The number of hydrogen-bond donors (Lipinski definition) is 2. The van der Waals surface area contributed by atoms with Crippen LogP contribution in [0.4, 0.5) is 5.69 Å². The van der Waals surface area contributed by atoms with E-state index in [1.807, 2.05) is 6.92 Å². The van der Waals surface area contributed by atoms with Gasteiger partial charge in [-0.25, -0.2) is 4.79 Å². The van der Waals surface area contributed by atoms with Crippen molar-refractivity contribution in [2.75, 3.05) is 51.5 Å². The van der Waals surface area contributed by atoms with E-state index in [0.717, 1.165) is 30.7 Å². The van der Waals surface area contributed by atoms with Gasteiger partial charge in [-0.05, 0) is 43.0 Å². The molecule has 8 heteroatoms. The lowest BCUT2D eigenvalue weighted by Gasteiger charge is -2.24. The Kier molecular flexibility index (Phi) is 11.3. The van der Waals surface area contributed by atoms with E-state index in [2.05, 4.69) is 12.2 Å². The zero-order valence-corrected chi connectivity index (χ0v) is 18.7. The Balaban J connectivity index is 1.72. The molecule has 1 heterocycles. The van der Waals surface area contributed by atoms with Gasteiger partial charge in [0.1, 0.15) is 6.04 Å². The number of anilines is 1. The molecule has 174 valence electrons. The van der Waals surface area contributed by atoms with Crippen molar-refractivity contribution in [1.82, 2.24) is 4.90 Å². The van der Waals surface area contributed by atoms with Crippen molar-refractivity contribution in [2.24, 2.45) is 0 Å². The molecule has 0 fully saturated rings. The number of nitrogens with one attached hydrogen (secondary N) is 1. The summed E-state index contributed by atoms with van der Waals surface area (Å²) in [7, 11) is 0. The maximum Gasteiger partial charge on any atom is 0.335 e. The predicted molar refractivity (Wildman–Crippen MR) is 119 cm³/mol. The number of unbranched alkanes of at least 4 members (excludes halogenated alkanes) is 1. The first-order chi connectivity index (χ1) is 15.1. The number of ether oxygens (including phenoxy) is 3. The van der Waals surface area contributed by atoms with Gasteiger partial charge in [-0.3, -0.25) is 4.79 Å². The first-order valence-electron chi connectivity index (χ1n) is 11.2. The minimum atomic E-state index is -0.972. The largest absolute Gasteiger partial charge is 0.478 e. The third-order valence-corrected chi connectivity index (χ3v) is 5.16. The molecule has 0 radical (unpaired) electrons. The van der Waals surface area contributed by atoms with Crippen LogP contribution in [0, 0.1) is 0 Å². The average molecular weight is 437 g/mol. The van der Waals surface area contributed by atoms with Crippen LogP contribution >= 0.6 is 0 Å². The maximum atomic E-state index is 12.9. The van der Waals surface area contributed by atoms with Crippen LogP contribution in [0.15, 0.2) is 18.2 Å². The number of carbonyl (C=O) groups excluding carboxylic acids is 1. The number of aromatic carboxylic acids is 1. The number of carboxylic acid groups (broad SMARTS) is 1. The van der Waals surface area contributed by atoms with Crippen LogP contribution in [0.25, 0.3) is 0 Å². The molecule has 1 aromatic rings. The third-order valence-electron chi connectivity index (χ3n) is 5.16. The molecular formula is C23H36N2O6. The Labute approximate surface area is 184 Å². The lowest BCUT2D eigenvalue weighted by atomic mass is 10.1. The summed E-state index contributed by atoms with van der Waals surface area (Å²) in [5.74, 6) is -0.943. The highest BCUT2D eigenvalue weighted by Crippen LogP contribution is 2.25. The number of hydrogen-bond acceptors (Lipinski definition) is 6. The van der Waals surface area contributed by atoms with Gasteiger partial charge >= 0.3 is 5.97 Å². The standard InChI is InChI=1S/C23H36N2O6/c1-3-5-10-29-12-14-31-15-13-30-11-6-9-25-17-19-16-18(23(27)28)7-8-21(19)24-20(4-2)22(25)26/h7-8,16,20,24H,3-6,9-15,17H2,1-2H3,(H,27,28)/t20-/m0/s1. The van der Waals surface area contributed by atoms with Crippen molar-refractivity contribution in [1.29, 1.82) is 0 Å². The van der Waals surface area contributed by atoms with Crippen molar-refractivity contribution >= 4 is 17.6 Å². The van der Waals surface area contributed by atoms with Crippen molar-refractivity contribution in [3.8, 4) is 0 Å². The van der Waals surface area contributed by atoms with Gasteiger partial charge in [-0.2, -0.15) is 0 Å². The summed E-state index contributed by atoms with van der Waals surface area (Å²) in [5.41, 5.74) is 1.86. The lowest BCUT2D eigenvalue weighted by Crippen LogP contribution is -2.40. The number of carboxylic acids is 1. The summed E-state index contributed by atoms with van der Waals surface area (Å²) >= 11 is 0. The molecule has 0 aliphatic carbocycles. The smallest absolute Gasteiger partial charge is 0.335 e. The van der Waals surface area contributed by atoms with E-state index in [0.29, 0.717) is 59.0 Å². The van der Waals surface area contributed by atoms with Crippen LogP contribution in [0.5, 0.6) is 0 Å². The third kappa shape index (κ3) is 8.47. The zero-order valence-electron chi connectivity index (χ0n) is 18.7. The molecule has 0 bridgehead atoms. The molecule has 2 N–H and O–H groups in total. The summed E-state index contributed by atoms with van der Waals surface area (Å²) in [6.45, 7) is 8.55. The van der Waals surface area contributed by atoms with E-state index in [1.54, 1.807) is 23.1 Å². The van der Waals surface area contributed by atoms with E-state index in [4.69, 9.17) is 14.2 Å². The molecular weight excluding hydrogens is 400 g/mol. The normalized spacial score (nSPS) is 16.0. The summed E-state index contributed by atoms with van der Waals surface area (Å²) in [6.07, 6.45) is 3.56. The fraction of sp³-hybridized carbons (Fsp3) is 0.652. The number of nitrogens with zero attached hydrogens (tertiary/aromatic N) is 1. The van der Waals surface area contributed by atoms with Gasteiger partial charge in [0, 0.05) is 32.0 Å². The van der Waals surface area contributed by atoms with Gasteiger partial charge in [0.15, 0.2) is 0 Å². The maximum absolute atomic E-state index is 12.9. The molecule has 1 aromatic carbocycles. The second-order valence-electron chi connectivity index (χ2n) is 7.59. The van der Waals surface area contributed by atoms with Crippen LogP contribution in [0.2, 0.25) is 0 Å². The minimum Gasteiger partial charge on any atom is -0.478 e. The van der Waals surface area contributed by atoms with Crippen LogP contribution < -0.4 is 5.32 Å². The molecule has 31 heavy (non-hydrogen) atoms. The number of amides is 1. The van der Waals surface area contributed by atoms with Crippen molar-refractivity contribution in [3.05, 3.63) is 29.3 Å². The molecule has 0 saturated carbocycles. The van der Waals surface area contributed by atoms with Crippen LogP contribution in [-0.4, -0.2) is 74.1 Å². The molecule has 0 spiro atoms. The van der Waals surface area contributed by atoms with E-state index in [9.17, 15) is 14.7 Å². The van der Waals surface area contributed by atoms with E-state index < -0.39 is 5.97 Å². The quantitative estimate of drug-likeness (QED) is 0.408. The van der Waals surface area contributed by atoms with Gasteiger partial charge in [-0.1, -0.05) is 20.3 Å². The molecule has 1 amide bonds. The molecule has 0 aromatic heterocycles. The van der Waals surface area contributed by atoms with Crippen LogP contribution in [-0.2, 0) is 25.5 Å². The number of fused-ring (bicyclic) bond motifs is 1. The Morgan fingerprint density at radius 3 is 2.32 bits per heavy atom. The zero-order chi connectivity index (χ0) is 22.5. The fourth-order valence-corrected chi connectivity index (χ4v) is 3.36. The van der Waals surface area contributed by atoms with Crippen molar-refractivity contribution < 1.29 is 28.9 Å². The van der Waals surface area contributed by atoms with Gasteiger partial charge in [0.05, 0.1) is 32.0 Å². The molecule has 0 saturated heterocycles. The van der Waals surface area contributed by atoms with Crippen LogP contribution in [0.1, 0.15) is 55.5 Å². The Hall–Kier alpha value is -2.16. The molecule has 1 aliphatic rings. The van der Waals surface area contributed by atoms with Gasteiger partial charge in [0.2, 0.25) is 5.91 Å². The Bertz CT molecular complexity index is 697. The van der Waals surface area contributed by atoms with Crippen LogP contribution in [0.3, 0.4) is 0 Å². The van der Waals surface area contributed by atoms with Gasteiger partial charge in [-0.15, -0.1) is 0 Å². The number of rotatable bonds is 15. The van der Waals surface area contributed by atoms with Gasteiger partial charge < -0.3 is 29.5 Å². The highest BCUT2D eigenvalue weighted by atomic mass is 16.5. The molecule has 2 rings (SSSR count). The first-order valence-corrected chi connectivity index (χ1v) is 11.2. The number of benzene rings is 1. The van der Waals surface area contributed by atoms with Crippen molar-refractivity contribution in [3.63, 3.8) is 0 Å². The second-order valence-corrected chi connectivity index (χ2v) is 7.59. The summed E-state index contributed by atoms with van der Waals surface area (Å²) in [6, 6.07) is 4.64. The highest BCUT2D eigenvalue weighted by molar-refractivity contribution is 5.90. The fourth-order valence-electron chi connectivity index (χ4n) is 3.36. The minimum absolute atomic E-state index is 0.0296. The predicted octanol–water partition coefficient (Wildman–Crippen LogP) is 3.16. The monoisotopic (exact) mass is 436 g/mol. The van der Waals surface area contributed by atoms with Crippen molar-refractivity contribution in [2.45, 2.75) is 52.1 Å². The summed E-state index contributed by atoms with van der Waals surface area (Å²) in [5, 5.41) is 12.5. The molecule has 1 aliphatic heterocycles. The summed E-state index contributed by atoms with van der Waals surface area (Å²) < 4.78 is 16.5. The molecule has 1 atom stereocenters. The Morgan fingerprint density at radius 2 is 1.71 bits per heavy atom. The number of carbonyl (C=O) groups is 2. The average Bonchev–Trinajstić information content (AvgIpc) is 2.90.